The summed E-state index contributed by atoms with van der Waals surface area (Å²) in [6, 6.07) is 1.77. The third-order valence-electron chi connectivity index (χ3n) is 2.99. The van der Waals surface area contributed by atoms with E-state index in [2.05, 4.69) is 0 Å². The average Bonchev–Trinajstić information content (AvgIpc) is 2.35. The molecule has 0 aromatic heterocycles. The molecule has 1 aliphatic heterocycles. The van der Waals surface area contributed by atoms with E-state index in [1.807, 2.05) is 6.92 Å². The summed E-state index contributed by atoms with van der Waals surface area (Å²) in [6.07, 6.45) is 0.434. The standard InChI is InChI=1S/C13H16O5/c1-7-4-8-5-9(6-14)11(16-2)12(17-3)10(8)13(15)18-7/h5,7,14H,4,6H2,1-3H3/t7-/m1/s1. The average molecular weight is 252 g/mol. The van der Waals surface area contributed by atoms with Crippen molar-refractivity contribution in [2.45, 2.75) is 26.1 Å². The van der Waals surface area contributed by atoms with Crippen LogP contribution in [0.1, 0.15) is 28.4 Å². The van der Waals surface area contributed by atoms with Crippen LogP contribution < -0.4 is 9.47 Å². The Hall–Kier alpha value is -1.75. The van der Waals surface area contributed by atoms with Gasteiger partial charge in [0, 0.05) is 12.0 Å². The Bertz CT molecular complexity index is 481. The van der Waals surface area contributed by atoms with Crippen molar-refractivity contribution in [3.63, 3.8) is 0 Å². The minimum atomic E-state index is -0.414. The molecule has 1 heterocycles. The summed E-state index contributed by atoms with van der Waals surface area (Å²) < 4.78 is 15.6. The first-order chi connectivity index (χ1) is 8.62. The summed E-state index contributed by atoms with van der Waals surface area (Å²) in [5, 5.41) is 9.35. The molecule has 1 aliphatic rings. The first-order valence-electron chi connectivity index (χ1n) is 5.70. The van der Waals surface area contributed by atoms with Crippen molar-refractivity contribution in [2.75, 3.05) is 14.2 Å². The van der Waals surface area contributed by atoms with Crippen LogP contribution in [0.2, 0.25) is 0 Å². The molecule has 0 spiro atoms. The predicted octanol–water partition coefficient (Wildman–Crippen LogP) is 1.30. The number of esters is 1. The van der Waals surface area contributed by atoms with Crippen LogP contribution in [0.25, 0.3) is 0 Å². The number of carbonyl (C=O) groups excluding carboxylic acids is 1. The number of cyclic esters (lactones) is 1. The highest BCUT2D eigenvalue weighted by atomic mass is 16.5. The van der Waals surface area contributed by atoms with Crippen LogP contribution in [0.5, 0.6) is 11.5 Å². The van der Waals surface area contributed by atoms with Crippen molar-refractivity contribution < 1.29 is 24.1 Å². The Balaban J connectivity index is 2.68. The predicted molar refractivity (Wildman–Crippen MR) is 64.1 cm³/mol. The zero-order valence-corrected chi connectivity index (χ0v) is 10.6. The van der Waals surface area contributed by atoms with Crippen molar-refractivity contribution in [3.8, 4) is 11.5 Å². The largest absolute Gasteiger partial charge is 0.492 e. The van der Waals surface area contributed by atoms with Crippen molar-refractivity contribution >= 4 is 5.97 Å². The Morgan fingerprint density at radius 3 is 2.61 bits per heavy atom. The summed E-state index contributed by atoms with van der Waals surface area (Å²) in [4.78, 5) is 11.9. The fraction of sp³-hybridized carbons (Fsp3) is 0.462. The number of fused-ring (bicyclic) bond motifs is 1. The lowest BCUT2D eigenvalue weighted by Crippen LogP contribution is -2.26. The van der Waals surface area contributed by atoms with E-state index in [0.29, 0.717) is 29.0 Å². The van der Waals surface area contributed by atoms with E-state index >= 15 is 0 Å². The van der Waals surface area contributed by atoms with E-state index in [0.717, 1.165) is 5.56 Å². The first kappa shape index (κ1) is 12.7. The second-order valence-electron chi connectivity index (χ2n) is 4.21. The molecule has 0 saturated carbocycles. The maximum Gasteiger partial charge on any atom is 0.342 e. The quantitative estimate of drug-likeness (QED) is 0.821. The highest BCUT2D eigenvalue weighted by Gasteiger charge is 2.31. The Labute approximate surface area is 105 Å². The summed E-state index contributed by atoms with van der Waals surface area (Å²) in [5.74, 6) is 0.296. The van der Waals surface area contributed by atoms with Crippen molar-refractivity contribution in [2.24, 2.45) is 0 Å². The van der Waals surface area contributed by atoms with Gasteiger partial charge in [-0.25, -0.2) is 4.79 Å². The zero-order valence-electron chi connectivity index (χ0n) is 10.6. The minimum Gasteiger partial charge on any atom is -0.492 e. The summed E-state index contributed by atoms with van der Waals surface area (Å²) in [6.45, 7) is 1.66. The first-order valence-corrected chi connectivity index (χ1v) is 5.70. The Morgan fingerprint density at radius 1 is 1.39 bits per heavy atom. The van der Waals surface area contributed by atoms with Gasteiger partial charge in [-0.1, -0.05) is 0 Å². The number of hydrogen-bond acceptors (Lipinski definition) is 5. The van der Waals surface area contributed by atoms with Gasteiger partial charge in [0.05, 0.1) is 20.8 Å². The van der Waals surface area contributed by atoms with Crippen molar-refractivity contribution in [3.05, 3.63) is 22.8 Å². The second kappa shape index (κ2) is 4.86. The van der Waals surface area contributed by atoms with Gasteiger partial charge in [-0.15, -0.1) is 0 Å². The number of rotatable bonds is 3. The van der Waals surface area contributed by atoms with Crippen LogP contribution in [-0.2, 0) is 17.8 Å². The number of benzene rings is 1. The summed E-state index contributed by atoms with van der Waals surface area (Å²) in [5.41, 5.74) is 1.82. The molecule has 0 radical (unpaired) electrons. The number of ether oxygens (including phenoxy) is 3. The van der Waals surface area contributed by atoms with Gasteiger partial charge < -0.3 is 19.3 Å². The van der Waals surface area contributed by atoms with E-state index in [9.17, 15) is 9.90 Å². The second-order valence-corrected chi connectivity index (χ2v) is 4.21. The van der Waals surface area contributed by atoms with Gasteiger partial charge in [-0.3, -0.25) is 0 Å². The van der Waals surface area contributed by atoms with Gasteiger partial charge in [-0.05, 0) is 18.6 Å². The Kier molecular flexibility index (Phi) is 3.43. The molecule has 5 heteroatoms. The van der Waals surface area contributed by atoms with Gasteiger partial charge in [-0.2, -0.15) is 0 Å². The molecule has 1 atom stereocenters. The van der Waals surface area contributed by atoms with Crippen LogP contribution in [-0.4, -0.2) is 31.4 Å². The van der Waals surface area contributed by atoms with Gasteiger partial charge in [0.1, 0.15) is 11.7 Å². The fourth-order valence-corrected chi connectivity index (χ4v) is 2.27. The van der Waals surface area contributed by atoms with Crippen molar-refractivity contribution in [1.82, 2.24) is 0 Å². The molecule has 0 bridgehead atoms. The molecule has 0 amide bonds. The molecule has 1 N–H and O–H groups in total. The summed E-state index contributed by atoms with van der Waals surface area (Å²) >= 11 is 0. The lowest BCUT2D eigenvalue weighted by atomic mass is 9.95. The highest BCUT2D eigenvalue weighted by molar-refractivity contribution is 5.96. The number of methoxy groups -OCH3 is 2. The minimum absolute atomic E-state index is 0.170. The van der Waals surface area contributed by atoms with E-state index in [1.165, 1.54) is 14.2 Å². The molecule has 0 saturated heterocycles. The molecular formula is C13H16O5. The smallest absolute Gasteiger partial charge is 0.342 e. The molecule has 0 fully saturated rings. The third-order valence-corrected chi connectivity index (χ3v) is 2.99. The lowest BCUT2D eigenvalue weighted by Gasteiger charge is -2.25. The molecule has 2 rings (SSSR count). The molecule has 18 heavy (non-hydrogen) atoms. The molecule has 1 aromatic rings. The van der Waals surface area contributed by atoms with E-state index in [-0.39, 0.29) is 12.7 Å². The topological polar surface area (TPSA) is 65.0 Å². The summed E-state index contributed by atoms with van der Waals surface area (Å²) in [7, 11) is 2.94. The number of aliphatic hydroxyl groups excluding tert-OH is 1. The van der Waals surface area contributed by atoms with E-state index in [4.69, 9.17) is 14.2 Å². The molecule has 98 valence electrons. The normalized spacial score (nSPS) is 18.0. The fourth-order valence-electron chi connectivity index (χ4n) is 2.27. The van der Waals surface area contributed by atoms with Crippen LogP contribution in [0, 0.1) is 0 Å². The zero-order chi connectivity index (χ0) is 13.3. The highest BCUT2D eigenvalue weighted by Crippen LogP contribution is 2.40. The number of carbonyl (C=O) groups is 1. The van der Waals surface area contributed by atoms with Crippen LogP contribution in [0.15, 0.2) is 6.07 Å². The van der Waals surface area contributed by atoms with Crippen LogP contribution in [0.4, 0.5) is 0 Å². The van der Waals surface area contributed by atoms with Crippen LogP contribution >= 0.6 is 0 Å². The monoisotopic (exact) mass is 252 g/mol. The van der Waals surface area contributed by atoms with E-state index in [1.54, 1.807) is 6.07 Å². The van der Waals surface area contributed by atoms with Crippen LogP contribution in [0.3, 0.4) is 0 Å². The molecule has 1 aromatic carbocycles. The molecule has 0 unspecified atom stereocenters. The molecule has 0 aliphatic carbocycles. The SMILES string of the molecule is COc1c(CO)cc2c(c1OC)C(=O)O[C@H](C)C2. The third kappa shape index (κ3) is 1.90. The van der Waals surface area contributed by atoms with Gasteiger partial charge >= 0.3 is 5.97 Å². The lowest BCUT2D eigenvalue weighted by molar-refractivity contribution is 0.0295. The number of aliphatic hydroxyl groups is 1. The molecule has 5 nitrogen and oxygen atoms in total. The van der Waals surface area contributed by atoms with E-state index < -0.39 is 5.97 Å². The van der Waals surface area contributed by atoms with Crippen molar-refractivity contribution in [1.29, 1.82) is 0 Å². The maximum atomic E-state index is 11.9. The van der Waals surface area contributed by atoms with Gasteiger partial charge in [0.15, 0.2) is 11.5 Å². The maximum absolute atomic E-state index is 11.9. The Morgan fingerprint density at radius 2 is 2.06 bits per heavy atom. The van der Waals surface area contributed by atoms with Gasteiger partial charge in [0.2, 0.25) is 0 Å². The van der Waals surface area contributed by atoms with Gasteiger partial charge in [0.25, 0.3) is 0 Å². The number of hydrogen-bond donors (Lipinski definition) is 1. The molecular weight excluding hydrogens is 236 g/mol.